The predicted octanol–water partition coefficient (Wildman–Crippen LogP) is 6.12. The topological polar surface area (TPSA) is 50.2 Å². The van der Waals surface area contributed by atoms with Crippen LogP contribution in [0.15, 0.2) is 54.6 Å². The molecule has 0 fully saturated rings. The van der Waals surface area contributed by atoms with Crippen LogP contribution in [0.1, 0.15) is 40.1 Å². The third-order valence-electron chi connectivity index (χ3n) is 5.38. The third kappa shape index (κ3) is 4.42. The first-order valence-corrected chi connectivity index (χ1v) is 10.6. The molecular formula is C22H19Cl2F3N4O. The molecule has 1 aliphatic rings. The monoisotopic (exact) mass is 482 g/mol. The summed E-state index contributed by atoms with van der Waals surface area (Å²) in [6.45, 7) is 0.266. The molecule has 3 aromatic rings. The summed E-state index contributed by atoms with van der Waals surface area (Å²) in [7, 11) is 1.55. The molecular weight excluding hydrogens is 464 g/mol. The minimum absolute atomic E-state index is 0.0309. The molecule has 1 aromatic heterocycles. The molecule has 0 aliphatic carbocycles. The third-order valence-corrected chi connectivity index (χ3v) is 5.99. The van der Waals surface area contributed by atoms with Crippen molar-refractivity contribution in [3.05, 3.63) is 81.5 Å². The Labute approximate surface area is 192 Å². The van der Waals surface area contributed by atoms with Crippen molar-refractivity contribution in [2.75, 3.05) is 12.4 Å². The summed E-state index contributed by atoms with van der Waals surface area (Å²) in [4.78, 5) is 14.3. The van der Waals surface area contributed by atoms with Crippen LogP contribution in [0.5, 0.6) is 0 Å². The number of carbonyl (C=O) groups is 1. The SMILES string of the molecule is CN(Cc1ccccc1)C(=O)c1nn2c(c1Cl)N[C@@H](c1ccc(Cl)cc1)C[C@@H]2C(F)(F)F. The minimum Gasteiger partial charge on any atom is -0.362 e. The zero-order valence-corrected chi connectivity index (χ0v) is 18.4. The molecule has 2 heterocycles. The van der Waals surface area contributed by atoms with E-state index in [1.807, 2.05) is 30.3 Å². The Morgan fingerprint density at radius 2 is 1.81 bits per heavy atom. The minimum atomic E-state index is -4.58. The number of carbonyl (C=O) groups excluding carboxylic acids is 1. The van der Waals surface area contributed by atoms with E-state index in [2.05, 4.69) is 10.4 Å². The lowest BCUT2D eigenvalue weighted by Gasteiger charge is -2.33. The molecule has 1 N–H and O–H groups in total. The van der Waals surface area contributed by atoms with Crippen molar-refractivity contribution >= 4 is 34.9 Å². The number of amides is 1. The van der Waals surface area contributed by atoms with Crippen LogP contribution in [0.2, 0.25) is 10.0 Å². The molecule has 32 heavy (non-hydrogen) atoms. The lowest BCUT2D eigenvalue weighted by atomic mass is 9.97. The predicted molar refractivity (Wildman–Crippen MR) is 117 cm³/mol. The lowest BCUT2D eigenvalue weighted by Crippen LogP contribution is -2.36. The first-order valence-electron chi connectivity index (χ1n) is 9.81. The van der Waals surface area contributed by atoms with Gasteiger partial charge in [-0.15, -0.1) is 0 Å². The maximum absolute atomic E-state index is 13.9. The molecule has 0 saturated carbocycles. The Kier molecular flexibility index (Phi) is 6.09. The molecule has 0 spiro atoms. The molecule has 0 unspecified atom stereocenters. The van der Waals surface area contributed by atoms with Crippen molar-refractivity contribution in [1.82, 2.24) is 14.7 Å². The van der Waals surface area contributed by atoms with Gasteiger partial charge in [-0.2, -0.15) is 18.3 Å². The number of fused-ring (bicyclic) bond motifs is 1. The van der Waals surface area contributed by atoms with E-state index in [0.29, 0.717) is 10.6 Å². The number of hydrogen-bond acceptors (Lipinski definition) is 3. The summed E-state index contributed by atoms with van der Waals surface area (Å²) < 4.78 is 42.5. The summed E-state index contributed by atoms with van der Waals surface area (Å²) >= 11 is 12.3. The van der Waals surface area contributed by atoms with Crippen LogP contribution in [-0.4, -0.2) is 33.8 Å². The van der Waals surface area contributed by atoms with Crippen LogP contribution in [0.3, 0.4) is 0 Å². The van der Waals surface area contributed by atoms with E-state index in [0.717, 1.165) is 10.2 Å². The summed E-state index contributed by atoms with van der Waals surface area (Å²) in [5, 5.41) is 7.36. The normalized spacial score (nSPS) is 18.1. The van der Waals surface area contributed by atoms with Crippen molar-refractivity contribution in [3.63, 3.8) is 0 Å². The van der Waals surface area contributed by atoms with E-state index in [1.54, 1.807) is 31.3 Å². The Balaban J connectivity index is 1.67. The van der Waals surface area contributed by atoms with Gasteiger partial charge in [0.1, 0.15) is 10.8 Å². The molecule has 2 atom stereocenters. The Hall–Kier alpha value is -2.71. The van der Waals surface area contributed by atoms with Crippen LogP contribution in [0.4, 0.5) is 19.0 Å². The Morgan fingerprint density at radius 3 is 2.44 bits per heavy atom. The van der Waals surface area contributed by atoms with E-state index >= 15 is 0 Å². The van der Waals surface area contributed by atoms with Gasteiger partial charge in [-0.25, -0.2) is 4.68 Å². The molecule has 2 aromatic carbocycles. The molecule has 0 saturated heterocycles. The number of alkyl halides is 3. The molecule has 1 amide bonds. The van der Waals surface area contributed by atoms with E-state index < -0.39 is 24.2 Å². The van der Waals surface area contributed by atoms with Crippen molar-refractivity contribution < 1.29 is 18.0 Å². The van der Waals surface area contributed by atoms with Gasteiger partial charge in [0.05, 0.1) is 6.04 Å². The fraction of sp³-hybridized carbons (Fsp3) is 0.273. The summed E-state index contributed by atoms with van der Waals surface area (Å²) in [5.74, 6) is -0.594. The van der Waals surface area contributed by atoms with Gasteiger partial charge < -0.3 is 10.2 Å². The molecule has 5 nitrogen and oxygen atoms in total. The number of benzene rings is 2. The second-order valence-electron chi connectivity index (χ2n) is 7.64. The average Bonchev–Trinajstić information content (AvgIpc) is 3.09. The highest BCUT2D eigenvalue weighted by Crippen LogP contribution is 2.46. The van der Waals surface area contributed by atoms with Gasteiger partial charge in [-0.05, 0) is 23.3 Å². The maximum Gasteiger partial charge on any atom is 0.410 e. The van der Waals surface area contributed by atoms with Gasteiger partial charge in [0, 0.05) is 25.0 Å². The lowest BCUT2D eigenvalue weighted by molar-refractivity contribution is -0.173. The maximum atomic E-state index is 13.9. The number of aromatic nitrogens is 2. The number of rotatable bonds is 4. The number of hydrogen-bond donors (Lipinski definition) is 1. The highest BCUT2D eigenvalue weighted by molar-refractivity contribution is 6.36. The van der Waals surface area contributed by atoms with E-state index in [9.17, 15) is 18.0 Å². The van der Waals surface area contributed by atoms with E-state index in [1.165, 1.54) is 4.90 Å². The summed E-state index contributed by atoms with van der Waals surface area (Å²) in [6, 6.07) is 13.2. The highest BCUT2D eigenvalue weighted by atomic mass is 35.5. The first-order chi connectivity index (χ1) is 15.1. The second kappa shape index (κ2) is 8.67. The van der Waals surface area contributed by atoms with Gasteiger partial charge in [-0.1, -0.05) is 65.7 Å². The average molecular weight is 483 g/mol. The number of nitrogens with zero attached hydrogens (tertiary/aromatic N) is 3. The van der Waals surface area contributed by atoms with Crippen LogP contribution in [0.25, 0.3) is 0 Å². The van der Waals surface area contributed by atoms with Gasteiger partial charge in [0.2, 0.25) is 0 Å². The van der Waals surface area contributed by atoms with Crippen LogP contribution >= 0.6 is 23.2 Å². The van der Waals surface area contributed by atoms with E-state index in [4.69, 9.17) is 23.2 Å². The first kappa shape index (κ1) is 22.5. The smallest absolute Gasteiger partial charge is 0.362 e. The van der Waals surface area contributed by atoms with Crippen LogP contribution < -0.4 is 5.32 Å². The van der Waals surface area contributed by atoms with Gasteiger partial charge in [-0.3, -0.25) is 4.79 Å². The zero-order valence-electron chi connectivity index (χ0n) is 16.9. The highest BCUT2D eigenvalue weighted by Gasteiger charge is 2.48. The van der Waals surface area contributed by atoms with Gasteiger partial charge >= 0.3 is 6.18 Å². The van der Waals surface area contributed by atoms with Gasteiger partial charge in [0.25, 0.3) is 5.91 Å². The standard InChI is InChI=1S/C22H19Cl2F3N4O/c1-30(12-13-5-3-2-4-6-13)21(32)19-18(24)20-28-16(14-7-9-15(23)10-8-14)11-17(22(25,26)27)31(20)29-19/h2-10,16-17,28H,11-12H2,1H3/t16-,17-/m1/s1. The summed E-state index contributed by atoms with van der Waals surface area (Å²) in [5.41, 5.74) is 1.28. The van der Waals surface area contributed by atoms with E-state index in [-0.39, 0.29) is 29.5 Å². The Morgan fingerprint density at radius 1 is 1.16 bits per heavy atom. The van der Waals surface area contributed by atoms with Crippen molar-refractivity contribution in [3.8, 4) is 0 Å². The number of halogens is 5. The summed E-state index contributed by atoms with van der Waals surface area (Å²) in [6.07, 6.45) is -4.88. The zero-order chi connectivity index (χ0) is 23.0. The fourth-order valence-corrected chi connectivity index (χ4v) is 4.14. The largest absolute Gasteiger partial charge is 0.410 e. The van der Waals surface area contributed by atoms with Crippen molar-refractivity contribution in [2.45, 2.75) is 31.2 Å². The number of nitrogens with one attached hydrogen (secondary N) is 1. The molecule has 4 rings (SSSR count). The second-order valence-corrected chi connectivity index (χ2v) is 8.46. The van der Waals surface area contributed by atoms with Gasteiger partial charge in [0.15, 0.2) is 11.7 Å². The molecule has 168 valence electrons. The molecule has 0 radical (unpaired) electrons. The molecule has 0 bridgehead atoms. The van der Waals surface area contributed by atoms with Crippen molar-refractivity contribution in [2.24, 2.45) is 0 Å². The fourth-order valence-electron chi connectivity index (χ4n) is 3.75. The quantitative estimate of drug-likeness (QED) is 0.487. The van der Waals surface area contributed by atoms with Crippen LogP contribution in [0, 0.1) is 0 Å². The molecule has 10 heteroatoms. The Bertz CT molecular complexity index is 1120. The molecule has 1 aliphatic heterocycles. The van der Waals surface area contributed by atoms with Crippen LogP contribution in [-0.2, 0) is 6.54 Å². The van der Waals surface area contributed by atoms with Crippen molar-refractivity contribution in [1.29, 1.82) is 0 Å². The number of anilines is 1.